The summed E-state index contributed by atoms with van der Waals surface area (Å²) in [5, 5.41) is 3.05. The quantitative estimate of drug-likeness (QED) is 0.747. The van der Waals surface area contributed by atoms with Gasteiger partial charge in [-0.3, -0.25) is 4.99 Å². The molecule has 1 aliphatic rings. The van der Waals surface area contributed by atoms with Crippen molar-refractivity contribution in [2.24, 2.45) is 10.7 Å². The highest BCUT2D eigenvalue weighted by Crippen LogP contribution is 2.27. The van der Waals surface area contributed by atoms with Crippen LogP contribution in [0.2, 0.25) is 0 Å². The number of aliphatic imine (C=N–C) groups is 1. The van der Waals surface area contributed by atoms with Crippen molar-refractivity contribution in [3.8, 4) is 5.75 Å². The Labute approximate surface area is 89.1 Å². The molecule has 1 unspecified atom stereocenters. The number of hydrogen-bond acceptors (Lipinski definition) is 4. The highest BCUT2D eigenvalue weighted by Gasteiger charge is 2.18. The number of nitrogens with two attached hydrogens (primary N) is 1. The number of guanidine groups is 1. The van der Waals surface area contributed by atoms with Gasteiger partial charge in [0.2, 0.25) is 0 Å². The van der Waals surface area contributed by atoms with E-state index in [9.17, 15) is 0 Å². The molecule has 0 saturated heterocycles. The van der Waals surface area contributed by atoms with E-state index in [1.54, 1.807) is 7.11 Å². The van der Waals surface area contributed by atoms with Crippen LogP contribution in [0.1, 0.15) is 11.5 Å². The Morgan fingerprint density at radius 2 is 2.27 bits per heavy atom. The first-order valence-electron chi connectivity index (χ1n) is 4.98. The number of para-hydroxylation sites is 1. The van der Waals surface area contributed by atoms with Crippen LogP contribution in [-0.2, 0) is 0 Å². The Morgan fingerprint density at radius 1 is 1.47 bits per heavy atom. The lowest BCUT2D eigenvalue weighted by atomic mass is 9.97. The minimum atomic E-state index is 0.341. The molecule has 0 spiro atoms. The Morgan fingerprint density at radius 3 is 2.93 bits per heavy atom. The molecule has 4 heteroatoms. The lowest BCUT2D eigenvalue weighted by molar-refractivity contribution is 0.404. The van der Waals surface area contributed by atoms with E-state index in [1.165, 1.54) is 5.56 Å². The van der Waals surface area contributed by atoms with Crippen molar-refractivity contribution >= 4 is 5.96 Å². The zero-order chi connectivity index (χ0) is 10.7. The summed E-state index contributed by atoms with van der Waals surface area (Å²) < 4.78 is 5.32. The average Bonchev–Trinajstić information content (AvgIpc) is 2.30. The maximum atomic E-state index is 5.55. The first-order chi connectivity index (χ1) is 7.31. The number of nitrogens with one attached hydrogen (secondary N) is 1. The first kappa shape index (κ1) is 9.83. The van der Waals surface area contributed by atoms with Crippen LogP contribution in [-0.4, -0.2) is 26.2 Å². The maximum Gasteiger partial charge on any atom is 0.188 e. The van der Waals surface area contributed by atoms with Gasteiger partial charge in [-0.05, 0) is 6.07 Å². The molecule has 15 heavy (non-hydrogen) atoms. The molecular formula is C11H15N3O. The highest BCUT2D eigenvalue weighted by molar-refractivity contribution is 5.78. The average molecular weight is 205 g/mol. The van der Waals surface area contributed by atoms with Gasteiger partial charge in [0.25, 0.3) is 0 Å². The van der Waals surface area contributed by atoms with Gasteiger partial charge in [-0.2, -0.15) is 0 Å². The van der Waals surface area contributed by atoms with Gasteiger partial charge in [-0.25, -0.2) is 0 Å². The molecule has 1 aromatic rings. The van der Waals surface area contributed by atoms with Crippen LogP contribution in [0.4, 0.5) is 0 Å². The van der Waals surface area contributed by atoms with Crippen LogP contribution in [0.5, 0.6) is 5.75 Å². The van der Waals surface area contributed by atoms with Gasteiger partial charge in [0.15, 0.2) is 5.96 Å². The van der Waals surface area contributed by atoms with Crippen molar-refractivity contribution in [2.75, 3.05) is 20.2 Å². The first-order valence-corrected chi connectivity index (χ1v) is 4.98. The molecule has 0 aliphatic carbocycles. The normalized spacial score (nSPS) is 20.3. The molecule has 80 valence electrons. The van der Waals surface area contributed by atoms with E-state index in [0.29, 0.717) is 11.9 Å². The zero-order valence-electron chi connectivity index (χ0n) is 8.73. The third-order valence-electron chi connectivity index (χ3n) is 2.59. The standard InChI is InChI=1S/C11H15N3O/c1-15-10-5-3-2-4-9(10)8-6-13-11(12)14-7-8/h2-5,8H,6-7H2,1H3,(H3,12,13,14). The lowest BCUT2D eigenvalue weighted by Crippen LogP contribution is -2.39. The van der Waals surface area contributed by atoms with Crippen LogP contribution in [0.15, 0.2) is 29.3 Å². The van der Waals surface area contributed by atoms with Crippen molar-refractivity contribution in [3.05, 3.63) is 29.8 Å². The molecule has 0 radical (unpaired) electrons. The van der Waals surface area contributed by atoms with E-state index in [2.05, 4.69) is 16.4 Å². The van der Waals surface area contributed by atoms with Crippen molar-refractivity contribution in [1.82, 2.24) is 5.32 Å². The third-order valence-corrected chi connectivity index (χ3v) is 2.59. The minimum absolute atomic E-state index is 0.341. The van der Waals surface area contributed by atoms with E-state index >= 15 is 0 Å². The largest absolute Gasteiger partial charge is 0.496 e. The highest BCUT2D eigenvalue weighted by atomic mass is 16.5. The van der Waals surface area contributed by atoms with E-state index in [4.69, 9.17) is 10.5 Å². The molecule has 1 atom stereocenters. The topological polar surface area (TPSA) is 59.6 Å². The predicted molar refractivity (Wildman–Crippen MR) is 60.2 cm³/mol. The Hall–Kier alpha value is -1.71. The van der Waals surface area contributed by atoms with E-state index in [-0.39, 0.29) is 0 Å². The van der Waals surface area contributed by atoms with E-state index in [1.807, 2.05) is 18.2 Å². The second kappa shape index (κ2) is 4.21. The maximum absolute atomic E-state index is 5.55. The Kier molecular flexibility index (Phi) is 2.76. The summed E-state index contributed by atoms with van der Waals surface area (Å²) in [4.78, 5) is 4.19. The minimum Gasteiger partial charge on any atom is -0.496 e. The van der Waals surface area contributed by atoms with Crippen molar-refractivity contribution in [1.29, 1.82) is 0 Å². The SMILES string of the molecule is COc1ccccc1C1CN=C(N)NC1. The van der Waals surface area contributed by atoms with Crippen LogP contribution >= 0.6 is 0 Å². The van der Waals surface area contributed by atoms with Crippen LogP contribution < -0.4 is 15.8 Å². The molecular weight excluding hydrogens is 190 g/mol. The number of rotatable bonds is 2. The molecule has 1 aromatic carbocycles. The van der Waals surface area contributed by atoms with Crippen LogP contribution in [0.25, 0.3) is 0 Å². The van der Waals surface area contributed by atoms with E-state index < -0.39 is 0 Å². The van der Waals surface area contributed by atoms with E-state index in [0.717, 1.165) is 18.8 Å². The van der Waals surface area contributed by atoms with Gasteiger partial charge in [0.1, 0.15) is 5.75 Å². The van der Waals surface area contributed by atoms with Crippen molar-refractivity contribution < 1.29 is 4.74 Å². The van der Waals surface area contributed by atoms with Gasteiger partial charge < -0.3 is 15.8 Å². The predicted octanol–water partition coefficient (Wildman–Crippen LogP) is 0.697. The van der Waals surface area contributed by atoms with Crippen LogP contribution in [0, 0.1) is 0 Å². The molecule has 0 aromatic heterocycles. The lowest BCUT2D eigenvalue weighted by Gasteiger charge is -2.22. The summed E-state index contributed by atoms with van der Waals surface area (Å²) in [6.07, 6.45) is 0. The Balaban J connectivity index is 2.22. The van der Waals surface area contributed by atoms with Crippen molar-refractivity contribution in [2.45, 2.75) is 5.92 Å². The molecule has 1 aliphatic heterocycles. The van der Waals surface area contributed by atoms with Gasteiger partial charge in [0, 0.05) is 18.0 Å². The molecule has 0 amide bonds. The fraction of sp³-hybridized carbons (Fsp3) is 0.364. The zero-order valence-corrected chi connectivity index (χ0v) is 8.73. The number of hydrogen-bond donors (Lipinski definition) is 2. The molecule has 2 rings (SSSR count). The van der Waals surface area contributed by atoms with Gasteiger partial charge in [-0.1, -0.05) is 18.2 Å². The molecule has 3 N–H and O–H groups in total. The molecule has 0 bridgehead atoms. The number of methoxy groups -OCH3 is 1. The van der Waals surface area contributed by atoms with Crippen molar-refractivity contribution in [3.63, 3.8) is 0 Å². The van der Waals surface area contributed by atoms with Gasteiger partial charge in [0.05, 0.1) is 13.7 Å². The summed E-state index contributed by atoms with van der Waals surface area (Å²) in [7, 11) is 1.69. The summed E-state index contributed by atoms with van der Waals surface area (Å²) in [6, 6.07) is 8.02. The summed E-state index contributed by atoms with van der Waals surface area (Å²) in [6.45, 7) is 1.54. The van der Waals surface area contributed by atoms with Crippen LogP contribution in [0.3, 0.4) is 0 Å². The third kappa shape index (κ3) is 2.03. The van der Waals surface area contributed by atoms with Gasteiger partial charge >= 0.3 is 0 Å². The molecule has 1 heterocycles. The summed E-state index contributed by atoms with van der Waals surface area (Å²) in [5.74, 6) is 1.79. The fourth-order valence-electron chi connectivity index (χ4n) is 1.77. The van der Waals surface area contributed by atoms with Gasteiger partial charge in [-0.15, -0.1) is 0 Å². The number of ether oxygens (including phenoxy) is 1. The monoisotopic (exact) mass is 205 g/mol. The Bertz CT molecular complexity index is 376. The number of nitrogens with zero attached hydrogens (tertiary/aromatic N) is 1. The summed E-state index contributed by atoms with van der Waals surface area (Å²) in [5.41, 5.74) is 6.74. The summed E-state index contributed by atoms with van der Waals surface area (Å²) >= 11 is 0. The fourth-order valence-corrected chi connectivity index (χ4v) is 1.77. The molecule has 0 fully saturated rings. The smallest absolute Gasteiger partial charge is 0.188 e. The molecule has 4 nitrogen and oxygen atoms in total. The second-order valence-corrected chi connectivity index (χ2v) is 3.55. The molecule has 0 saturated carbocycles. The second-order valence-electron chi connectivity index (χ2n) is 3.55. The number of benzene rings is 1.